The molecule has 0 amide bonds. The van der Waals surface area contributed by atoms with E-state index in [0.717, 1.165) is 38.4 Å². The van der Waals surface area contributed by atoms with Crippen molar-refractivity contribution in [2.75, 3.05) is 32.8 Å². The number of carbonyl (C=O) groups is 1. The van der Waals surface area contributed by atoms with Crippen molar-refractivity contribution in [2.45, 2.75) is 18.8 Å². The second kappa shape index (κ2) is 6.12. The Morgan fingerprint density at radius 2 is 2.26 bits per heavy atom. The van der Waals surface area contributed by atoms with Gasteiger partial charge in [0, 0.05) is 25.5 Å². The van der Waals surface area contributed by atoms with Crippen molar-refractivity contribution in [1.29, 1.82) is 0 Å². The summed E-state index contributed by atoms with van der Waals surface area (Å²) in [6.45, 7) is 5.76. The van der Waals surface area contributed by atoms with E-state index in [2.05, 4.69) is 9.88 Å². The Bertz CT molecular complexity index is 418. The lowest BCUT2D eigenvalue weighted by Gasteiger charge is -2.31. The molecule has 19 heavy (non-hydrogen) atoms. The number of rotatable bonds is 5. The van der Waals surface area contributed by atoms with Crippen molar-refractivity contribution in [3.05, 3.63) is 30.1 Å². The van der Waals surface area contributed by atoms with Gasteiger partial charge in [-0.05, 0) is 31.5 Å². The zero-order chi connectivity index (χ0) is 13.7. The fourth-order valence-corrected chi connectivity index (χ4v) is 2.27. The fourth-order valence-electron chi connectivity index (χ4n) is 2.27. The van der Waals surface area contributed by atoms with Crippen LogP contribution in [0.2, 0.25) is 0 Å². The maximum absolute atomic E-state index is 11.6. The van der Waals surface area contributed by atoms with Crippen LogP contribution in [0.15, 0.2) is 24.5 Å². The number of carboxylic acids is 1. The van der Waals surface area contributed by atoms with E-state index in [9.17, 15) is 9.90 Å². The largest absolute Gasteiger partial charge is 0.481 e. The van der Waals surface area contributed by atoms with Gasteiger partial charge in [0.1, 0.15) is 0 Å². The van der Waals surface area contributed by atoms with Gasteiger partial charge in [-0.3, -0.25) is 14.7 Å². The maximum Gasteiger partial charge on any atom is 0.313 e. The van der Waals surface area contributed by atoms with Crippen LogP contribution in [-0.2, 0) is 14.9 Å². The minimum Gasteiger partial charge on any atom is -0.481 e. The Balaban J connectivity index is 2.05. The highest BCUT2D eigenvalue weighted by atomic mass is 16.5. The number of hydrogen-bond acceptors (Lipinski definition) is 4. The van der Waals surface area contributed by atoms with Crippen molar-refractivity contribution in [3.63, 3.8) is 0 Å². The Morgan fingerprint density at radius 3 is 2.84 bits per heavy atom. The molecule has 1 aromatic heterocycles. The smallest absolute Gasteiger partial charge is 0.313 e. The van der Waals surface area contributed by atoms with Crippen molar-refractivity contribution >= 4 is 5.97 Å². The third-order valence-corrected chi connectivity index (χ3v) is 3.80. The Labute approximate surface area is 113 Å². The lowest BCUT2D eigenvalue weighted by Crippen LogP contribution is -2.41. The predicted molar refractivity (Wildman–Crippen MR) is 71.1 cm³/mol. The molecule has 1 N–H and O–H groups in total. The van der Waals surface area contributed by atoms with Crippen LogP contribution >= 0.6 is 0 Å². The zero-order valence-electron chi connectivity index (χ0n) is 11.2. The first-order chi connectivity index (χ1) is 9.13. The quantitative estimate of drug-likeness (QED) is 0.864. The van der Waals surface area contributed by atoms with Gasteiger partial charge in [-0.25, -0.2) is 0 Å². The van der Waals surface area contributed by atoms with Gasteiger partial charge in [0.15, 0.2) is 0 Å². The Morgan fingerprint density at radius 1 is 1.53 bits per heavy atom. The maximum atomic E-state index is 11.6. The van der Waals surface area contributed by atoms with E-state index in [1.807, 2.05) is 6.07 Å². The summed E-state index contributed by atoms with van der Waals surface area (Å²) in [6.07, 6.45) is 3.88. The van der Waals surface area contributed by atoms with Crippen LogP contribution in [0.1, 0.15) is 18.9 Å². The Hall–Kier alpha value is -1.46. The van der Waals surface area contributed by atoms with E-state index < -0.39 is 11.4 Å². The summed E-state index contributed by atoms with van der Waals surface area (Å²) in [5, 5.41) is 9.54. The fraction of sp³-hybridized carbons (Fsp3) is 0.571. The van der Waals surface area contributed by atoms with Gasteiger partial charge in [0.05, 0.1) is 18.6 Å². The summed E-state index contributed by atoms with van der Waals surface area (Å²) in [7, 11) is 0. The highest BCUT2D eigenvalue weighted by molar-refractivity contribution is 5.80. The van der Waals surface area contributed by atoms with E-state index in [1.54, 1.807) is 25.4 Å². The third kappa shape index (κ3) is 3.30. The molecule has 1 unspecified atom stereocenters. The first-order valence-electron chi connectivity index (χ1n) is 6.57. The summed E-state index contributed by atoms with van der Waals surface area (Å²) in [6, 6.07) is 3.62. The lowest BCUT2D eigenvalue weighted by molar-refractivity contribution is -0.143. The molecule has 5 heteroatoms. The Kier molecular flexibility index (Phi) is 4.50. The van der Waals surface area contributed by atoms with E-state index >= 15 is 0 Å². The van der Waals surface area contributed by atoms with Crippen LogP contribution in [0.4, 0.5) is 0 Å². The standard InChI is InChI=1S/C14H20N2O3/c1-14(13(17)18,12-3-2-5-15-11-12)4-6-16-7-9-19-10-8-16/h2-3,5,11H,4,6-10H2,1H3,(H,17,18). The third-order valence-electron chi connectivity index (χ3n) is 3.80. The van der Waals surface area contributed by atoms with Crippen molar-refractivity contribution < 1.29 is 14.6 Å². The van der Waals surface area contributed by atoms with Gasteiger partial charge in [-0.15, -0.1) is 0 Å². The number of ether oxygens (including phenoxy) is 1. The number of morpholine rings is 1. The molecule has 1 saturated heterocycles. The highest BCUT2D eigenvalue weighted by Gasteiger charge is 2.35. The molecule has 0 radical (unpaired) electrons. The molecule has 5 nitrogen and oxygen atoms in total. The van der Waals surface area contributed by atoms with E-state index in [0.29, 0.717) is 6.42 Å². The molecule has 0 aliphatic carbocycles. The van der Waals surface area contributed by atoms with Crippen molar-refractivity contribution in [2.24, 2.45) is 0 Å². The molecule has 1 aliphatic heterocycles. The normalized spacial score (nSPS) is 19.8. The molecule has 1 aliphatic rings. The van der Waals surface area contributed by atoms with E-state index in [-0.39, 0.29) is 0 Å². The molecule has 0 bridgehead atoms. The minimum absolute atomic E-state index is 0.577. The molecule has 2 heterocycles. The molecule has 1 aromatic rings. The van der Waals surface area contributed by atoms with Crippen molar-refractivity contribution in [3.8, 4) is 0 Å². The molecule has 0 saturated carbocycles. The van der Waals surface area contributed by atoms with Crippen LogP contribution in [0.3, 0.4) is 0 Å². The van der Waals surface area contributed by atoms with Crippen molar-refractivity contribution in [1.82, 2.24) is 9.88 Å². The summed E-state index contributed by atoms with van der Waals surface area (Å²) < 4.78 is 5.30. The van der Waals surface area contributed by atoms with Crippen LogP contribution in [-0.4, -0.2) is 53.8 Å². The number of aliphatic carboxylic acids is 1. The first-order valence-corrected chi connectivity index (χ1v) is 6.57. The molecule has 104 valence electrons. The average molecular weight is 264 g/mol. The SMILES string of the molecule is CC(CCN1CCOCC1)(C(=O)O)c1cccnc1. The number of pyridine rings is 1. The van der Waals surface area contributed by atoms with Gasteiger partial charge >= 0.3 is 5.97 Å². The van der Waals surface area contributed by atoms with Gasteiger partial charge in [-0.1, -0.05) is 6.07 Å². The lowest BCUT2D eigenvalue weighted by atomic mass is 9.80. The van der Waals surface area contributed by atoms with Crippen LogP contribution < -0.4 is 0 Å². The number of carboxylic acid groups (broad SMARTS) is 1. The molecule has 2 rings (SSSR count). The molecule has 0 spiro atoms. The summed E-state index contributed by atoms with van der Waals surface area (Å²) in [5.74, 6) is -0.797. The van der Waals surface area contributed by atoms with Crippen LogP contribution in [0.25, 0.3) is 0 Å². The molecular formula is C14H20N2O3. The minimum atomic E-state index is -0.882. The van der Waals surface area contributed by atoms with Crippen LogP contribution in [0.5, 0.6) is 0 Å². The molecule has 0 aromatic carbocycles. The van der Waals surface area contributed by atoms with Gasteiger partial charge in [0.2, 0.25) is 0 Å². The number of aromatic nitrogens is 1. The second-order valence-electron chi connectivity index (χ2n) is 5.08. The van der Waals surface area contributed by atoms with Gasteiger partial charge < -0.3 is 9.84 Å². The molecule has 1 fully saturated rings. The highest BCUT2D eigenvalue weighted by Crippen LogP contribution is 2.27. The molecule has 1 atom stereocenters. The van der Waals surface area contributed by atoms with E-state index in [4.69, 9.17) is 4.74 Å². The zero-order valence-corrected chi connectivity index (χ0v) is 11.2. The van der Waals surface area contributed by atoms with Crippen LogP contribution in [0, 0.1) is 0 Å². The molecular weight excluding hydrogens is 244 g/mol. The topological polar surface area (TPSA) is 62.7 Å². The summed E-state index contributed by atoms with van der Waals surface area (Å²) in [5.41, 5.74) is -0.122. The monoisotopic (exact) mass is 264 g/mol. The first kappa shape index (κ1) is 14.0. The summed E-state index contributed by atoms with van der Waals surface area (Å²) in [4.78, 5) is 17.9. The average Bonchev–Trinajstić information content (AvgIpc) is 2.46. The summed E-state index contributed by atoms with van der Waals surface area (Å²) >= 11 is 0. The van der Waals surface area contributed by atoms with E-state index in [1.165, 1.54) is 0 Å². The predicted octanol–water partition coefficient (Wildman–Crippen LogP) is 1.15. The second-order valence-corrected chi connectivity index (χ2v) is 5.08. The van der Waals surface area contributed by atoms with Gasteiger partial charge in [0.25, 0.3) is 0 Å². The number of hydrogen-bond donors (Lipinski definition) is 1. The van der Waals surface area contributed by atoms with Gasteiger partial charge in [-0.2, -0.15) is 0 Å². The number of nitrogens with zero attached hydrogens (tertiary/aromatic N) is 2.